The second kappa shape index (κ2) is 7.07. The number of Topliss-reactive ketones (excluding diaryl/α,β-unsaturated/α-hetero) is 1. The summed E-state index contributed by atoms with van der Waals surface area (Å²) in [4.78, 5) is 12.5. The van der Waals surface area contributed by atoms with Crippen LogP contribution in [0.1, 0.15) is 42.1 Å². The molecule has 2 nitrogen and oxygen atoms in total. The van der Waals surface area contributed by atoms with E-state index in [1.807, 2.05) is 48.5 Å². The van der Waals surface area contributed by atoms with Gasteiger partial charge in [0.1, 0.15) is 5.75 Å². The standard InChI is InChI=1S/C19H22O2/c1-14(2)18(16-10-7-11-17(12-16)21-3)13-19(20)15-8-5-4-6-9-15/h4-12,14,18H,13H2,1-3H3. The van der Waals surface area contributed by atoms with Crippen LogP contribution in [0.4, 0.5) is 0 Å². The fourth-order valence-corrected chi connectivity index (χ4v) is 2.55. The van der Waals surface area contributed by atoms with E-state index in [9.17, 15) is 4.79 Å². The fourth-order valence-electron chi connectivity index (χ4n) is 2.55. The molecule has 2 aromatic carbocycles. The van der Waals surface area contributed by atoms with Crippen molar-refractivity contribution in [3.8, 4) is 5.75 Å². The highest BCUT2D eigenvalue weighted by molar-refractivity contribution is 5.96. The molecule has 0 aliphatic carbocycles. The Balaban J connectivity index is 2.21. The number of benzene rings is 2. The summed E-state index contributed by atoms with van der Waals surface area (Å²) in [5.74, 6) is 1.63. The lowest BCUT2D eigenvalue weighted by Crippen LogP contribution is -2.13. The van der Waals surface area contributed by atoms with Crippen LogP contribution in [-0.4, -0.2) is 12.9 Å². The zero-order valence-corrected chi connectivity index (χ0v) is 12.9. The van der Waals surface area contributed by atoms with E-state index in [4.69, 9.17) is 4.74 Å². The molecule has 0 bridgehead atoms. The second-order valence-electron chi connectivity index (χ2n) is 5.62. The summed E-state index contributed by atoms with van der Waals surface area (Å²) in [6.07, 6.45) is 0.523. The maximum atomic E-state index is 12.5. The lowest BCUT2D eigenvalue weighted by atomic mass is 9.83. The van der Waals surface area contributed by atoms with E-state index in [-0.39, 0.29) is 11.7 Å². The van der Waals surface area contributed by atoms with Crippen LogP contribution >= 0.6 is 0 Å². The Morgan fingerprint density at radius 1 is 1.05 bits per heavy atom. The van der Waals surface area contributed by atoms with Gasteiger partial charge in [-0.05, 0) is 29.5 Å². The summed E-state index contributed by atoms with van der Waals surface area (Å²) >= 11 is 0. The third-order valence-corrected chi connectivity index (χ3v) is 3.83. The van der Waals surface area contributed by atoms with E-state index in [2.05, 4.69) is 19.9 Å². The average Bonchev–Trinajstić information content (AvgIpc) is 2.53. The number of ketones is 1. The molecule has 2 aromatic rings. The normalized spacial score (nSPS) is 12.2. The Morgan fingerprint density at radius 2 is 1.76 bits per heavy atom. The Kier molecular flexibility index (Phi) is 5.15. The summed E-state index contributed by atoms with van der Waals surface area (Å²) in [6, 6.07) is 17.5. The molecule has 0 aromatic heterocycles. The van der Waals surface area contributed by atoms with Crippen LogP contribution < -0.4 is 4.74 Å². The van der Waals surface area contributed by atoms with Crippen molar-refractivity contribution < 1.29 is 9.53 Å². The average molecular weight is 282 g/mol. The lowest BCUT2D eigenvalue weighted by molar-refractivity contribution is 0.0966. The molecule has 0 saturated heterocycles. The zero-order valence-electron chi connectivity index (χ0n) is 12.9. The van der Waals surface area contributed by atoms with Crippen molar-refractivity contribution in [2.24, 2.45) is 5.92 Å². The van der Waals surface area contributed by atoms with Crippen molar-refractivity contribution in [2.45, 2.75) is 26.2 Å². The third kappa shape index (κ3) is 3.94. The van der Waals surface area contributed by atoms with E-state index >= 15 is 0 Å². The van der Waals surface area contributed by atoms with Gasteiger partial charge in [0.05, 0.1) is 7.11 Å². The zero-order chi connectivity index (χ0) is 15.2. The summed E-state index contributed by atoms with van der Waals surface area (Å²) in [5, 5.41) is 0. The number of hydrogen-bond donors (Lipinski definition) is 0. The monoisotopic (exact) mass is 282 g/mol. The molecule has 0 N–H and O–H groups in total. The predicted octanol–water partition coefficient (Wildman–Crippen LogP) is 4.71. The van der Waals surface area contributed by atoms with E-state index < -0.39 is 0 Å². The predicted molar refractivity (Wildman–Crippen MR) is 86.0 cm³/mol. The highest BCUT2D eigenvalue weighted by Gasteiger charge is 2.20. The molecule has 110 valence electrons. The first-order valence-corrected chi connectivity index (χ1v) is 7.34. The topological polar surface area (TPSA) is 26.3 Å². The first-order chi connectivity index (χ1) is 10.1. The van der Waals surface area contributed by atoms with Gasteiger partial charge in [0, 0.05) is 12.0 Å². The minimum Gasteiger partial charge on any atom is -0.497 e. The minimum absolute atomic E-state index is 0.192. The number of hydrogen-bond acceptors (Lipinski definition) is 2. The van der Waals surface area contributed by atoms with Crippen LogP contribution in [0.2, 0.25) is 0 Å². The number of carbonyl (C=O) groups excluding carboxylic acids is 1. The van der Waals surface area contributed by atoms with Crippen molar-refractivity contribution in [3.05, 3.63) is 65.7 Å². The molecule has 0 aliphatic rings. The highest BCUT2D eigenvalue weighted by atomic mass is 16.5. The largest absolute Gasteiger partial charge is 0.497 e. The van der Waals surface area contributed by atoms with Crippen LogP contribution in [0.25, 0.3) is 0 Å². The molecule has 1 unspecified atom stereocenters. The van der Waals surface area contributed by atoms with Gasteiger partial charge in [-0.1, -0.05) is 56.3 Å². The molecular weight excluding hydrogens is 260 g/mol. The molecule has 0 amide bonds. The molecule has 1 atom stereocenters. The quantitative estimate of drug-likeness (QED) is 0.717. The smallest absolute Gasteiger partial charge is 0.163 e. The molecule has 0 heterocycles. The van der Waals surface area contributed by atoms with Gasteiger partial charge in [0.15, 0.2) is 5.78 Å². The van der Waals surface area contributed by atoms with Crippen LogP contribution in [0.15, 0.2) is 54.6 Å². The molecule has 0 fully saturated rings. The van der Waals surface area contributed by atoms with Gasteiger partial charge < -0.3 is 4.74 Å². The fraction of sp³-hybridized carbons (Fsp3) is 0.316. The lowest BCUT2D eigenvalue weighted by Gasteiger charge is -2.21. The second-order valence-corrected chi connectivity index (χ2v) is 5.62. The number of methoxy groups -OCH3 is 1. The van der Waals surface area contributed by atoms with Gasteiger partial charge in [-0.25, -0.2) is 0 Å². The van der Waals surface area contributed by atoms with Crippen LogP contribution in [0.3, 0.4) is 0 Å². The van der Waals surface area contributed by atoms with Crippen LogP contribution in [0, 0.1) is 5.92 Å². The van der Waals surface area contributed by atoms with Gasteiger partial charge in [0.25, 0.3) is 0 Å². The molecule has 0 spiro atoms. The van der Waals surface area contributed by atoms with Crippen LogP contribution in [0.5, 0.6) is 5.75 Å². The van der Waals surface area contributed by atoms with Crippen molar-refractivity contribution in [1.82, 2.24) is 0 Å². The van der Waals surface area contributed by atoms with Gasteiger partial charge >= 0.3 is 0 Å². The molecule has 2 rings (SSSR count). The van der Waals surface area contributed by atoms with E-state index in [0.29, 0.717) is 12.3 Å². The SMILES string of the molecule is COc1cccc(C(CC(=O)c2ccccc2)C(C)C)c1. The maximum Gasteiger partial charge on any atom is 0.163 e. The highest BCUT2D eigenvalue weighted by Crippen LogP contribution is 2.31. The molecule has 0 radical (unpaired) electrons. The van der Waals surface area contributed by atoms with Crippen molar-refractivity contribution in [2.75, 3.05) is 7.11 Å². The van der Waals surface area contributed by atoms with Crippen molar-refractivity contribution in [1.29, 1.82) is 0 Å². The molecular formula is C19H22O2. The molecule has 0 aliphatic heterocycles. The Hall–Kier alpha value is -2.09. The molecule has 2 heteroatoms. The van der Waals surface area contributed by atoms with Gasteiger partial charge in [0.2, 0.25) is 0 Å². The van der Waals surface area contributed by atoms with Crippen molar-refractivity contribution in [3.63, 3.8) is 0 Å². The number of ether oxygens (including phenoxy) is 1. The number of carbonyl (C=O) groups is 1. The van der Waals surface area contributed by atoms with E-state index in [1.165, 1.54) is 0 Å². The summed E-state index contributed by atoms with van der Waals surface area (Å²) in [7, 11) is 1.67. The van der Waals surface area contributed by atoms with Gasteiger partial charge in [-0.3, -0.25) is 4.79 Å². The van der Waals surface area contributed by atoms with E-state index in [1.54, 1.807) is 7.11 Å². The first-order valence-electron chi connectivity index (χ1n) is 7.34. The van der Waals surface area contributed by atoms with E-state index in [0.717, 1.165) is 16.9 Å². The number of rotatable bonds is 6. The Bertz CT molecular complexity index is 588. The van der Waals surface area contributed by atoms with Crippen molar-refractivity contribution >= 4 is 5.78 Å². The summed E-state index contributed by atoms with van der Waals surface area (Å²) in [6.45, 7) is 4.31. The van der Waals surface area contributed by atoms with Crippen LogP contribution in [-0.2, 0) is 0 Å². The minimum atomic E-state index is 0.192. The summed E-state index contributed by atoms with van der Waals surface area (Å²) < 4.78 is 5.29. The summed E-state index contributed by atoms with van der Waals surface area (Å²) in [5.41, 5.74) is 1.94. The van der Waals surface area contributed by atoms with Gasteiger partial charge in [-0.15, -0.1) is 0 Å². The van der Waals surface area contributed by atoms with Gasteiger partial charge in [-0.2, -0.15) is 0 Å². The Labute approximate surface area is 126 Å². The molecule has 0 saturated carbocycles. The maximum absolute atomic E-state index is 12.5. The molecule has 21 heavy (non-hydrogen) atoms. The first kappa shape index (κ1) is 15.3. The Morgan fingerprint density at radius 3 is 2.38 bits per heavy atom. The third-order valence-electron chi connectivity index (χ3n) is 3.83.